The molecule has 0 heterocycles. The number of alkyl halides is 1. The van der Waals surface area contributed by atoms with Crippen molar-refractivity contribution in [2.24, 2.45) is 0 Å². The summed E-state index contributed by atoms with van der Waals surface area (Å²) >= 11 is 5.69. The third kappa shape index (κ3) is 6.37. The van der Waals surface area contributed by atoms with Crippen LogP contribution in [0.3, 0.4) is 0 Å². The van der Waals surface area contributed by atoms with Gasteiger partial charge in [-0.25, -0.2) is 0 Å². The van der Waals surface area contributed by atoms with Gasteiger partial charge in [0.05, 0.1) is 12.0 Å². The molecule has 62 valence electrons. The van der Waals surface area contributed by atoms with Gasteiger partial charge in [0, 0.05) is 0 Å². The van der Waals surface area contributed by atoms with Crippen LogP contribution in [0.2, 0.25) is 0 Å². The van der Waals surface area contributed by atoms with Crippen molar-refractivity contribution in [3.05, 3.63) is 0 Å². The first kappa shape index (κ1) is 10.2. The first-order valence-corrected chi connectivity index (χ1v) is 4.49. The lowest BCUT2D eigenvalue weighted by Crippen LogP contribution is -2.03. The van der Waals surface area contributed by atoms with Crippen LogP contribution in [0.1, 0.15) is 39.0 Å². The van der Waals surface area contributed by atoms with E-state index in [0.717, 1.165) is 12.8 Å². The first-order chi connectivity index (χ1) is 4.81. The highest BCUT2D eigenvalue weighted by atomic mass is 35.5. The largest absolute Gasteiger partial charge is 0.395 e. The van der Waals surface area contributed by atoms with Gasteiger partial charge in [-0.15, -0.1) is 11.6 Å². The highest BCUT2D eigenvalue weighted by Gasteiger charge is 2.00. The minimum absolute atomic E-state index is 0.0168. The number of aliphatic hydroxyl groups is 1. The molecule has 1 N–H and O–H groups in total. The quantitative estimate of drug-likeness (QED) is 0.473. The molecule has 0 fully saturated rings. The molecule has 0 aromatic rings. The molecule has 1 unspecified atom stereocenters. The maximum Gasteiger partial charge on any atom is 0.0595 e. The van der Waals surface area contributed by atoms with Crippen molar-refractivity contribution in [3.63, 3.8) is 0 Å². The van der Waals surface area contributed by atoms with Gasteiger partial charge < -0.3 is 5.11 Å². The van der Waals surface area contributed by atoms with Gasteiger partial charge in [-0.3, -0.25) is 0 Å². The number of hydrogen-bond acceptors (Lipinski definition) is 1. The summed E-state index contributed by atoms with van der Waals surface area (Å²) in [5, 5.41) is 8.54. The number of halogens is 1. The molecule has 0 aromatic carbocycles. The van der Waals surface area contributed by atoms with Crippen LogP contribution in [0, 0.1) is 0 Å². The third-order valence-electron chi connectivity index (χ3n) is 1.57. The van der Waals surface area contributed by atoms with E-state index in [9.17, 15) is 0 Å². The summed E-state index contributed by atoms with van der Waals surface area (Å²) in [4.78, 5) is 0. The summed E-state index contributed by atoms with van der Waals surface area (Å²) < 4.78 is 0. The molecule has 0 rings (SSSR count). The van der Waals surface area contributed by atoms with E-state index >= 15 is 0 Å². The van der Waals surface area contributed by atoms with Crippen LogP contribution in [0.15, 0.2) is 0 Å². The van der Waals surface area contributed by atoms with Crippen molar-refractivity contribution < 1.29 is 5.11 Å². The van der Waals surface area contributed by atoms with E-state index < -0.39 is 0 Å². The second kappa shape index (κ2) is 7.36. The molecule has 0 radical (unpaired) electrons. The normalized spacial score (nSPS) is 13.5. The molecule has 0 spiro atoms. The Labute approximate surface area is 68.4 Å². The van der Waals surface area contributed by atoms with Crippen molar-refractivity contribution in [2.75, 3.05) is 6.61 Å². The number of unbranched alkanes of at least 4 members (excludes halogenated alkanes) is 3. The summed E-state index contributed by atoms with van der Waals surface area (Å²) in [5.74, 6) is 0. The van der Waals surface area contributed by atoms with E-state index in [0.29, 0.717) is 0 Å². The highest BCUT2D eigenvalue weighted by molar-refractivity contribution is 6.20. The topological polar surface area (TPSA) is 20.2 Å². The Bertz CT molecular complexity index is 66.3. The summed E-state index contributed by atoms with van der Waals surface area (Å²) in [5.41, 5.74) is 0. The van der Waals surface area contributed by atoms with Gasteiger partial charge in [0.1, 0.15) is 0 Å². The van der Waals surface area contributed by atoms with Crippen molar-refractivity contribution >= 4 is 11.6 Å². The Morgan fingerprint density at radius 3 is 2.50 bits per heavy atom. The van der Waals surface area contributed by atoms with E-state index in [1.807, 2.05) is 0 Å². The molecule has 0 aromatic heterocycles. The van der Waals surface area contributed by atoms with E-state index in [4.69, 9.17) is 16.7 Å². The van der Waals surface area contributed by atoms with Gasteiger partial charge >= 0.3 is 0 Å². The van der Waals surface area contributed by atoms with Crippen LogP contribution in [-0.4, -0.2) is 17.1 Å². The Balaban J connectivity index is 2.89. The Hall–Kier alpha value is 0.250. The summed E-state index contributed by atoms with van der Waals surface area (Å²) in [6.45, 7) is 2.30. The molecule has 0 aliphatic heterocycles. The van der Waals surface area contributed by atoms with E-state index in [2.05, 4.69) is 6.92 Å². The smallest absolute Gasteiger partial charge is 0.0595 e. The molecular weight excluding hydrogens is 148 g/mol. The highest BCUT2D eigenvalue weighted by Crippen LogP contribution is 2.08. The predicted molar refractivity (Wildman–Crippen MR) is 45.5 cm³/mol. The fourth-order valence-electron chi connectivity index (χ4n) is 0.884. The van der Waals surface area contributed by atoms with Crippen molar-refractivity contribution in [3.8, 4) is 0 Å². The third-order valence-corrected chi connectivity index (χ3v) is 1.93. The fourth-order valence-corrected chi connectivity index (χ4v) is 1.04. The van der Waals surface area contributed by atoms with Crippen molar-refractivity contribution in [1.29, 1.82) is 0 Å². The molecule has 10 heavy (non-hydrogen) atoms. The van der Waals surface area contributed by atoms with E-state index in [-0.39, 0.29) is 12.0 Å². The van der Waals surface area contributed by atoms with Gasteiger partial charge in [0.15, 0.2) is 0 Å². The SMILES string of the molecule is CCCCCCC(Cl)CO. The maximum atomic E-state index is 8.56. The van der Waals surface area contributed by atoms with Gasteiger partial charge in [0.25, 0.3) is 0 Å². The molecule has 0 saturated carbocycles. The Kier molecular flexibility index (Phi) is 7.54. The van der Waals surface area contributed by atoms with Crippen molar-refractivity contribution in [1.82, 2.24) is 0 Å². The predicted octanol–water partition coefficient (Wildman–Crippen LogP) is 2.56. The van der Waals surface area contributed by atoms with Crippen LogP contribution in [0.5, 0.6) is 0 Å². The molecule has 1 nitrogen and oxygen atoms in total. The van der Waals surface area contributed by atoms with Gasteiger partial charge in [-0.2, -0.15) is 0 Å². The molecular formula is C8H17ClO. The lowest BCUT2D eigenvalue weighted by atomic mass is 10.1. The zero-order chi connectivity index (χ0) is 7.82. The van der Waals surface area contributed by atoms with Crippen LogP contribution >= 0.6 is 11.6 Å². The average Bonchev–Trinajstić information content (AvgIpc) is 1.98. The van der Waals surface area contributed by atoms with Crippen LogP contribution in [-0.2, 0) is 0 Å². The number of rotatable bonds is 6. The summed E-state index contributed by atoms with van der Waals surface area (Å²) in [7, 11) is 0. The minimum atomic E-state index is -0.0168. The van der Waals surface area contributed by atoms with Gasteiger partial charge in [-0.05, 0) is 6.42 Å². The number of hydrogen-bond donors (Lipinski definition) is 1. The fraction of sp³-hybridized carbons (Fsp3) is 1.00. The zero-order valence-corrected chi connectivity index (χ0v) is 7.40. The second-order valence-electron chi connectivity index (χ2n) is 2.63. The Morgan fingerprint density at radius 1 is 1.30 bits per heavy atom. The molecule has 1 atom stereocenters. The maximum absolute atomic E-state index is 8.56. The van der Waals surface area contributed by atoms with Crippen molar-refractivity contribution in [2.45, 2.75) is 44.4 Å². The standard InChI is InChI=1S/C8H17ClO/c1-2-3-4-5-6-8(9)7-10/h8,10H,2-7H2,1H3. The van der Waals surface area contributed by atoms with Crippen LogP contribution in [0.4, 0.5) is 0 Å². The van der Waals surface area contributed by atoms with E-state index in [1.54, 1.807) is 0 Å². The summed E-state index contributed by atoms with van der Waals surface area (Å²) in [6, 6.07) is 0. The average molecular weight is 165 g/mol. The molecule has 0 amide bonds. The van der Waals surface area contributed by atoms with Gasteiger partial charge in [-0.1, -0.05) is 32.6 Å². The first-order valence-electron chi connectivity index (χ1n) is 4.06. The Morgan fingerprint density at radius 2 is 2.00 bits per heavy atom. The second-order valence-corrected chi connectivity index (χ2v) is 3.25. The minimum Gasteiger partial charge on any atom is -0.395 e. The molecule has 0 aliphatic rings. The molecule has 0 saturated heterocycles. The van der Waals surface area contributed by atoms with E-state index in [1.165, 1.54) is 19.3 Å². The lowest BCUT2D eigenvalue weighted by Gasteiger charge is -2.03. The van der Waals surface area contributed by atoms with Crippen LogP contribution < -0.4 is 0 Å². The van der Waals surface area contributed by atoms with Gasteiger partial charge in [0.2, 0.25) is 0 Å². The number of aliphatic hydroxyl groups excluding tert-OH is 1. The zero-order valence-electron chi connectivity index (χ0n) is 6.65. The lowest BCUT2D eigenvalue weighted by molar-refractivity contribution is 0.286. The monoisotopic (exact) mass is 164 g/mol. The molecule has 2 heteroatoms. The summed E-state index contributed by atoms with van der Waals surface area (Å²) in [6.07, 6.45) is 5.90. The van der Waals surface area contributed by atoms with Crippen LogP contribution in [0.25, 0.3) is 0 Å². The molecule has 0 bridgehead atoms. The molecule has 0 aliphatic carbocycles.